The fraction of sp³-hybridized carbons (Fsp3) is 0.750. The van der Waals surface area contributed by atoms with Crippen LogP contribution in [-0.4, -0.2) is 26.0 Å². The van der Waals surface area contributed by atoms with Gasteiger partial charge in [-0.1, -0.05) is 20.8 Å². The minimum atomic E-state index is -2.96. The van der Waals surface area contributed by atoms with Gasteiger partial charge in [-0.25, -0.2) is 8.42 Å². The van der Waals surface area contributed by atoms with Crippen molar-refractivity contribution < 1.29 is 12.8 Å². The Labute approximate surface area is 128 Å². The summed E-state index contributed by atoms with van der Waals surface area (Å²) in [6, 6.07) is 2.20. The van der Waals surface area contributed by atoms with Crippen molar-refractivity contribution in [1.29, 1.82) is 0 Å². The molecule has 2 unspecified atom stereocenters. The van der Waals surface area contributed by atoms with Gasteiger partial charge in [-0.05, 0) is 31.7 Å². The number of hydrogen-bond donors (Lipinski definition) is 1. The molecule has 120 valence electrons. The molecule has 4 nitrogen and oxygen atoms in total. The van der Waals surface area contributed by atoms with Crippen molar-refractivity contribution in [3.05, 3.63) is 23.2 Å². The van der Waals surface area contributed by atoms with Crippen LogP contribution in [0.1, 0.15) is 57.2 Å². The van der Waals surface area contributed by atoms with E-state index in [0.717, 1.165) is 24.4 Å². The van der Waals surface area contributed by atoms with Crippen LogP contribution in [0.3, 0.4) is 0 Å². The SMILES string of the molecule is CCS(=O)(=O)CC(C)NC1CC(C)(C)Cc2oc(C)cc21. The summed E-state index contributed by atoms with van der Waals surface area (Å²) in [7, 11) is -2.96. The van der Waals surface area contributed by atoms with Crippen molar-refractivity contribution in [3.63, 3.8) is 0 Å². The molecule has 2 atom stereocenters. The third kappa shape index (κ3) is 4.10. The lowest BCUT2D eigenvalue weighted by Crippen LogP contribution is -2.40. The van der Waals surface area contributed by atoms with Gasteiger partial charge in [0.15, 0.2) is 9.84 Å². The average Bonchev–Trinajstić information content (AvgIpc) is 2.67. The number of fused-ring (bicyclic) bond motifs is 1. The molecular formula is C16H27NO3S. The Balaban J connectivity index is 2.16. The number of nitrogens with one attached hydrogen (secondary N) is 1. The first-order chi connectivity index (χ1) is 9.62. The van der Waals surface area contributed by atoms with Crippen LogP contribution in [0.4, 0.5) is 0 Å². The van der Waals surface area contributed by atoms with Crippen molar-refractivity contribution in [2.24, 2.45) is 5.41 Å². The third-order valence-corrected chi connectivity index (χ3v) is 6.05. The highest BCUT2D eigenvalue weighted by molar-refractivity contribution is 7.91. The van der Waals surface area contributed by atoms with E-state index in [1.54, 1.807) is 6.92 Å². The zero-order chi connectivity index (χ0) is 15.8. The van der Waals surface area contributed by atoms with Gasteiger partial charge in [0.25, 0.3) is 0 Å². The van der Waals surface area contributed by atoms with Crippen molar-refractivity contribution in [1.82, 2.24) is 5.32 Å². The molecule has 0 aliphatic heterocycles. The van der Waals surface area contributed by atoms with Crippen LogP contribution in [0.25, 0.3) is 0 Å². The van der Waals surface area contributed by atoms with Crippen LogP contribution < -0.4 is 5.32 Å². The summed E-state index contributed by atoms with van der Waals surface area (Å²) in [6.45, 7) is 10.1. The fourth-order valence-electron chi connectivity index (χ4n) is 3.22. The summed E-state index contributed by atoms with van der Waals surface area (Å²) < 4.78 is 29.4. The molecule has 1 aromatic heterocycles. The van der Waals surface area contributed by atoms with Crippen LogP contribution >= 0.6 is 0 Å². The van der Waals surface area contributed by atoms with Crippen molar-refractivity contribution in [2.45, 2.75) is 59.5 Å². The second-order valence-electron chi connectivity index (χ2n) is 7.10. The van der Waals surface area contributed by atoms with E-state index in [0.29, 0.717) is 0 Å². The van der Waals surface area contributed by atoms with Gasteiger partial charge in [0.05, 0.1) is 5.75 Å². The molecule has 0 saturated carbocycles. The third-order valence-electron chi connectivity index (χ3n) is 4.17. The van der Waals surface area contributed by atoms with E-state index in [1.165, 1.54) is 5.56 Å². The van der Waals surface area contributed by atoms with Gasteiger partial charge in [0.2, 0.25) is 0 Å². The summed E-state index contributed by atoms with van der Waals surface area (Å²) in [5, 5.41) is 3.50. The van der Waals surface area contributed by atoms with Gasteiger partial charge in [0.1, 0.15) is 11.5 Å². The first kappa shape index (κ1) is 16.6. The largest absolute Gasteiger partial charge is 0.466 e. The number of furan rings is 1. The lowest BCUT2D eigenvalue weighted by atomic mass is 9.74. The van der Waals surface area contributed by atoms with E-state index in [4.69, 9.17) is 4.42 Å². The molecule has 1 N–H and O–H groups in total. The minimum absolute atomic E-state index is 0.0584. The van der Waals surface area contributed by atoms with E-state index in [1.807, 2.05) is 13.8 Å². The highest BCUT2D eigenvalue weighted by Crippen LogP contribution is 2.42. The van der Waals surface area contributed by atoms with E-state index in [2.05, 4.69) is 25.2 Å². The smallest absolute Gasteiger partial charge is 0.151 e. The Morgan fingerprint density at radius 3 is 2.76 bits per heavy atom. The number of sulfone groups is 1. The normalized spacial score (nSPS) is 22.8. The van der Waals surface area contributed by atoms with Crippen LogP contribution in [0.2, 0.25) is 0 Å². The second-order valence-corrected chi connectivity index (χ2v) is 9.50. The molecule has 1 heterocycles. The molecular weight excluding hydrogens is 286 g/mol. The number of rotatable bonds is 5. The fourth-order valence-corrected chi connectivity index (χ4v) is 4.32. The van der Waals surface area contributed by atoms with Crippen molar-refractivity contribution in [3.8, 4) is 0 Å². The van der Waals surface area contributed by atoms with E-state index in [9.17, 15) is 8.42 Å². The first-order valence-electron chi connectivity index (χ1n) is 7.67. The summed E-state index contributed by atoms with van der Waals surface area (Å²) in [4.78, 5) is 0. The van der Waals surface area contributed by atoms with Gasteiger partial charge < -0.3 is 9.73 Å². The molecule has 0 spiro atoms. The molecule has 0 bridgehead atoms. The molecule has 5 heteroatoms. The Morgan fingerprint density at radius 2 is 2.14 bits per heavy atom. The predicted octanol–water partition coefficient (Wildman–Crippen LogP) is 3.01. The molecule has 0 saturated heterocycles. The second kappa shape index (κ2) is 5.76. The zero-order valence-corrected chi connectivity index (χ0v) is 14.5. The van der Waals surface area contributed by atoms with Gasteiger partial charge in [-0.3, -0.25) is 0 Å². The highest BCUT2D eigenvalue weighted by atomic mass is 32.2. The first-order valence-corrected chi connectivity index (χ1v) is 9.50. The highest BCUT2D eigenvalue weighted by Gasteiger charge is 2.35. The molecule has 0 amide bonds. The van der Waals surface area contributed by atoms with Crippen molar-refractivity contribution in [2.75, 3.05) is 11.5 Å². The Hall–Kier alpha value is -0.810. The predicted molar refractivity (Wildman–Crippen MR) is 85.2 cm³/mol. The van der Waals surface area contributed by atoms with Gasteiger partial charge >= 0.3 is 0 Å². The standard InChI is InChI=1S/C16H27NO3S/c1-6-21(18,19)10-11(2)17-14-8-16(4,5)9-15-13(14)7-12(3)20-15/h7,11,14,17H,6,8-10H2,1-5H3. The molecule has 21 heavy (non-hydrogen) atoms. The van der Waals surface area contributed by atoms with Gasteiger partial charge in [-0.15, -0.1) is 0 Å². The maximum atomic E-state index is 11.8. The number of aryl methyl sites for hydroxylation is 1. The molecule has 2 rings (SSSR count). The molecule has 0 radical (unpaired) electrons. The molecule has 0 aromatic carbocycles. The summed E-state index contributed by atoms with van der Waals surface area (Å²) in [5.41, 5.74) is 1.37. The zero-order valence-electron chi connectivity index (χ0n) is 13.7. The monoisotopic (exact) mass is 313 g/mol. The minimum Gasteiger partial charge on any atom is -0.466 e. The quantitative estimate of drug-likeness (QED) is 0.908. The van der Waals surface area contributed by atoms with Crippen LogP contribution in [0.15, 0.2) is 10.5 Å². The maximum Gasteiger partial charge on any atom is 0.151 e. The molecule has 0 fully saturated rings. The van der Waals surface area contributed by atoms with Crippen LogP contribution in [-0.2, 0) is 16.3 Å². The maximum absolute atomic E-state index is 11.8. The lowest BCUT2D eigenvalue weighted by molar-refractivity contribution is 0.228. The molecule has 1 aliphatic rings. The van der Waals surface area contributed by atoms with E-state index < -0.39 is 9.84 Å². The average molecular weight is 313 g/mol. The Kier molecular flexibility index (Phi) is 4.54. The summed E-state index contributed by atoms with van der Waals surface area (Å²) >= 11 is 0. The van der Waals surface area contributed by atoms with Crippen LogP contribution in [0, 0.1) is 12.3 Å². The molecule has 1 aromatic rings. The van der Waals surface area contributed by atoms with E-state index >= 15 is 0 Å². The summed E-state index contributed by atoms with van der Waals surface area (Å²) in [5.74, 6) is 2.36. The van der Waals surface area contributed by atoms with Gasteiger partial charge in [0, 0.05) is 29.8 Å². The molecule has 1 aliphatic carbocycles. The number of hydrogen-bond acceptors (Lipinski definition) is 4. The lowest BCUT2D eigenvalue weighted by Gasteiger charge is -2.36. The van der Waals surface area contributed by atoms with Crippen molar-refractivity contribution >= 4 is 9.84 Å². The Morgan fingerprint density at radius 1 is 1.48 bits per heavy atom. The summed E-state index contributed by atoms with van der Waals surface area (Å²) in [6.07, 6.45) is 1.94. The Bertz CT molecular complexity index is 601. The van der Waals surface area contributed by atoms with E-state index in [-0.39, 0.29) is 29.0 Å². The topological polar surface area (TPSA) is 59.3 Å². The van der Waals surface area contributed by atoms with Gasteiger partial charge in [-0.2, -0.15) is 0 Å². The van der Waals surface area contributed by atoms with Crippen LogP contribution in [0.5, 0.6) is 0 Å².